The zero-order valence-electron chi connectivity index (χ0n) is 22.5. The number of aliphatic hydroxyl groups excluding tert-OH is 1. The van der Waals surface area contributed by atoms with E-state index in [0.29, 0.717) is 37.2 Å². The molecular weight excluding hydrogens is 482 g/mol. The van der Waals surface area contributed by atoms with Crippen LogP contribution in [0.15, 0.2) is 77.4 Å². The number of rotatable bonds is 14. The molecule has 1 atom stereocenters. The van der Waals surface area contributed by atoms with Gasteiger partial charge >= 0.3 is 0 Å². The van der Waals surface area contributed by atoms with E-state index in [1.54, 1.807) is 13.4 Å². The maximum Gasteiger partial charge on any atom is 0.227 e. The Kier molecular flexibility index (Phi) is 9.59. The molecule has 202 valence electrons. The molecule has 0 unspecified atom stereocenters. The summed E-state index contributed by atoms with van der Waals surface area (Å²) in [4.78, 5) is 2.23. The van der Waals surface area contributed by atoms with Crippen LogP contribution in [0.3, 0.4) is 0 Å². The molecule has 8 heteroatoms. The molecule has 0 aliphatic heterocycles. The highest BCUT2D eigenvalue weighted by atomic mass is 16.5. The van der Waals surface area contributed by atoms with Gasteiger partial charge in [-0.3, -0.25) is 4.90 Å². The summed E-state index contributed by atoms with van der Waals surface area (Å²) in [7, 11) is 1.64. The second-order valence-corrected chi connectivity index (χ2v) is 9.73. The van der Waals surface area contributed by atoms with Gasteiger partial charge in [0, 0.05) is 19.6 Å². The summed E-state index contributed by atoms with van der Waals surface area (Å²) < 4.78 is 24.6. The van der Waals surface area contributed by atoms with Crippen LogP contribution in [0.5, 0.6) is 17.4 Å². The van der Waals surface area contributed by atoms with E-state index in [2.05, 4.69) is 18.7 Å². The Morgan fingerprint density at radius 2 is 1.71 bits per heavy atom. The lowest BCUT2D eigenvalue weighted by molar-refractivity contribution is 0.00212. The maximum absolute atomic E-state index is 10.8. The molecule has 0 spiro atoms. The lowest BCUT2D eigenvalue weighted by atomic mass is 10.1. The Morgan fingerprint density at radius 1 is 0.974 bits per heavy atom. The molecule has 0 amide bonds. The van der Waals surface area contributed by atoms with Gasteiger partial charge in [0.15, 0.2) is 0 Å². The number of para-hydroxylation sites is 1. The first-order chi connectivity index (χ1) is 18.4. The van der Waals surface area contributed by atoms with Crippen LogP contribution in [0, 0.1) is 12.8 Å². The standard InChI is InChI=1S/C30H37N3O5/c1-22(2)17-32(18-25(34)20-36-21-28-11-8-16-37-28)19-29-23(3)31-33(24-9-6-5-7-10-24)30(29)38-27-14-12-26(35-4)13-15-27/h5-16,22,25,34H,17-21H2,1-4H3/t25-/m0/s1. The average Bonchev–Trinajstić information content (AvgIpc) is 3.53. The van der Waals surface area contributed by atoms with Crippen LogP contribution < -0.4 is 9.47 Å². The Labute approximate surface area is 224 Å². The molecule has 0 radical (unpaired) electrons. The van der Waals surface area contributed by atoms with E-state index in [0.717, 1.165) is 35.0 Å². The van der Waals surface area contributed by atoms with Crippen molar-refractivity contribution in [3.63, 3.8) is 0 Å². The number of hydrogen-bond acceptors (Lipinski definition) is 7. The third kappa shape index (κ3) is 7.47. The van der Waals surface area contributed by atoms with Crippen molar-refractivity contribution in [1.82, 2.24) is 14.7 Å². The van der Waals surface area contributed by atoms with Crippen molar-refractivity contribution in [2.24, 2.45) is 5.92 Å². The van der Waals surface area contributed by atoms with Crippen LogP contribution in [-0.2, 0) is 17.9 Å². The van der Waals surface area contributed by atoms with Gasteiger partial charge in [-0.05, 0) is 61.4 Å². The molecule has 0 aliphatic rings. The minimum absolute atomic E-state index is 0.215. The van der Waals surface area contributed by atoms with E-state index in [-0.39, 0.29) is 6.61 Å². The molecule has 0 aliphatic carbocycles. The van der Waals surface area contributed by atoms with Gasteiger partial charge in [0.25, 0.3) is 0 Å². The van der Waals surface area contributed by atoms with Crippen LogP contribution in [0.25, 0.3) is 5.69 Å². The van der Waals surface area contributed by atoms with Crippen molar-refractivity contribution in [2.75, 3.05) is 26.8 Å². The highest BCUT2D eigenvalue weighted by molar-refractivity contribution is 5.44. The predicted molar refractivity (Wildman–Crippen MR) is 146 cm³/mol. The molecule has 0 fully saturated rings. The van der Waals surface area contributed by atoms with Gasteiger partial charge in [-0.25, -0.2) is 4.68 Å². The highest BCUT2D eigenvalue weighted by Gasteiger charge is 2.23. The smallest absolute Gasteiger partial charge is 0.227 e. The lowest BCUT2D eigenvalue weighted by Gasteiger charge is -2.27. The van der Waals surface area contributed by atoms with Crippen molar-refractivity contribution in [3.05, 3.63) is 90.0 Å². The van der Waals surface area contributed by atoms with Gasteiger partial charge in [-0.15, -0.1) is 0 Å². The fraction of sp³-hybridized carbons (Fsp3) is 0.367. The molecule has 1 N–H and O–H groups in total. The lowest BCUT2D eigenvalue weighted by Crippen LogP contribution is -2.37. The molecule has 0 saturated heterocycles. The summed E-state index contributed by atoms with van der Waals surface area (Å²) in [5, 5.41) is 15.6. The Bertz CT molecular complexity index is 1240. The number of furan rings is 1. The summed E-state index contributed by atoms with van der Waals surface area (Å²) in [6.45, 7) is 8.69. The average molecular weight is 520 g/mol. The molecule has 4 aromatic rings. The SMILES string of the molecule is COc1ccc(Oc2c(CN(CC(C)C)C[C@H](O)COCc3ccco3)c(C)nn2-c2ccccc2)cc1. The van der Waals surface area contributed by atoms with Gasteiger partial charge in [-0.2, -0.15) is 5.10 Å². The van der Waals surface area contributed by atoms with Crippen molar-refractivity contribution < 1.29 is 23.7 Å². The summed E-state index contributed by atoms with van der Waals surface area (Å²) in [5.74, 6) is 3.24. The van der Waals surface area contributed by atoms with Crippen LogP contribution in [0.1, 0.15) is 30.9 Å². The fourth-order valence-electron chi connectivity index (χ4n) is 4.31. The summed E-state index contributed by atoms with van der Waals surface area (Å²) in [5.41, 5.74) is 2.75. The second-order valence-electron chi connectivity index (χ2n) is 9.73. The zero-order valence-corrected chi connectivity index (χ0v) is 22.5. The first-order valence-corrected chi connectivity index (χ1v) is 12.9. The second kappa shape index (κ2) is 13.3. The summed E-state index contributed by atoms with van der Waals surface area (Å²) in [6.07, 6.45) is 0.961. The van der Waals surface area contributed by atoms with Gasteiger partial charge in [-0.1, -0.05) is 32.0 Å². The monoisotopic (exact) mass is 519 g/mol. The Hall–Kier alpha value is -3.59. The number of ether oxygens (including phenoxy) is 3. The Morgan fingerprint density at radius 3 is 2.37 bits per heavy atom. The van der Waals surface area contributed by atoms with E-state index in [1.807, 2.05) is 78.3 Å². The highest BCUT2D eigenvalue weighted by Crippen LogP contribution is 2.32. The zero-order chi connectivity index (χ0) is 26.9. The van der Waals surface area contributed by atoms with Crippen molar-refractivity contribution in [2.45, 2.75) is 40.0 Å². The molecular formula is C30H37N3O5. The van der Waals surface area contributed by atoms with Gasteiger partial charge in [0.1, 0.15) is 23.9 Å². The van der Waals surface area contributed by atoms with E-state index in [4.69, 9.17) is 23.7 Å². The van der Waals surface area contributed by atoms with Crippen molar-refractivity contribution in [1.29, 1.82) is 0 Å². The number of benzene rings is 2. The van der Waals surface area contributed by atoms with Crippen LogP contribution >= 0.6 is 0 Å². The molecule has 0 bridgehead atoms. The topological polar surface area (TPSA) is 82.1 Å². The quantitative estimate of drug-likeness (QED) is 0.232. The van der Waals surface area contributed by atoms with E-state index < -0.39 is 6.10 Å². The van der Waals surface area contributed by atoms with Crippen molar-refractivity contribution >= 4 is 0 Å². The number of methoxy groups -OCH3 is 1. The minimum Gasteiger partial charge on any atom is -0.497 e. The first-order valence-electron chi connectivity index (χ1n) is 12.9. The first kappa shape index (κ1) is 27.4. The predicted octanol–water partition coefficient (Wildman–Crippen LogP) is 5.61. The number of aliphatic hydroxyl groups is 1. The molecule has 0 saturated carbocycles. The fourth-order valence-corrected chi connectivity index (χ4v) is 4.31. The van der Waals surface area contributed by atoms with Gasteiger partial charge < -0.3 is 23.7 Å². The number of aryl methyl sites for hydroxylation is 1. The van der Waals surface area contributed by atoms with Crippen molar-refractivity contribution in [3.8, 4) is 23.1 Å². The third-order valence-corrected chi connectivity index (χ3v) is 6.02. The normalized spacial score (nSPS) is 12.3. The maximum atomic E-state index is 10.8. The molecule has 4 rings (SSSR count). The number of aromatic nitrogens is 2. The van der Waals surface area contributed by atoms with E-state index in [9.17, 15) is 5.11 Å². The van der Waals surface area contributed by atoms with Gasteiger partial charge in [0.2, 0.25) is 5.88 Å². The third-order valence-electron chi connectivity index (χ3n) is 6.02. The van der Waals surface area contributed by atoms with E-state index in [1.165, 1.54) is 0 Å². The molecule has 2 heterocycles. The molecule has 2 aromatic carbocycles. The molecule has 38 heavy (non-hydrogen) atoms. The van der Waals surface area contributed by atoms with E-state index >= 15 is 0 Å². The van der Waals surface area contributed by atoms with Crippen LogP contribution in [0.4, 0.5) is 0 Å². The van der Waals surface area contributed by atoms with Crippen LogP contribution in [0.2, 0.25) is 0 Å². The number of nitrogens with zero attached hydrogens (tertiary/aromatic N) is 3. The largest absolute Gasteiger partial charge is 0.497 e. The Balaban J connectivity index is 1.56. The molecule has 2 aromatic heterocycles. The van der Waals surface area contributed by atoms with Gasteiger partial charge in [0.05, 0.1) is 43.0 Å². The molecule has 8 nitrogen and oxygen atoms in total. The minimum atomic E-state index is -0.654. The number of hydrogen-bond donors (Lipinski definition) is 1. The van der Waals surface area contributed by atoms with Crippen LogP contribution in [-0.4, -0.2) is 52.7 Å². The summed E-state index contributed by atoms with van der Waals surface area (Å²) in [6, 6.07) is 21.1. The summed E-state index contributed by atoms with van der Waals surface area (Å²) >= 11 is 0.